The molecule has 1 aliphatic rings. The molecule has 0 amide bonds. The Morgan fingerprint density at radius 3 is 2.42 bits per heavy atom. The van der Waals surface area contributed by atoms with E-state index in [1.165, 1.54) is 12.1 Å². The summed E-state index contributed by atoms with van der Waals surface area (Å²) in [6, 6.07) is 4.91. The van der Waals surface area contributed by atoms with Gasteiger partial charge in [0.15, 0.2) is 5.65 Å². The number of hydrogen-bond donors (Lipinski definition) is 1. The molecule has 10 heteroatoms. The molecule has 4 rings (SSSR count). The van der Waals surface area contributed by atoms with Crippen LogP contribution in [0.3, 0.4) is 0 Å². The van der Waals surface area contributed by atoms with Crippen LogP contribution < -0.4 is 4.90 Å². The summed E-state index contributed by atoms with van der Waals surface area (Å²) >= 11 is 0. The first-order chi connectivity index (χ1) is 14.5. The van der Waals surface area contributed by atoms with Gasteiger partial charge in [0.05, 0.1) is 22.7 Å². The van der Waals surface area contributed by atoms with Gasteiger partial charge in [-0.15, -0.1) is 0 Å². The molecule has 1 aromatic carbocycles. The lowest BCUT2D eigenvalue weighted by Gasteiger charge is -2.39. The molecule has 0 aliphatic carbocycles. The van der Waals surface area contributed by atoms with Crippen molar-refractivity contribution in [3.05, 3.63) is 47.4 Å². The van der Waals surface area contributed by atoms with Gasteiger partial charge in [-0.25, -0.2) is 9.97 Å². The van der Waals surface area contributed by atoms with E-state index in [0.29, 0.717) is 32.0 Å². The average molecular weight is 434 g/mol. The van der Waals surface area contributed by atoms with E-state index in [2.05, 4.69) is 24.9 Å². The van der Waals surface area contributed by atoms with E-state index in [-0.39, 0.29) is 12.1 Å². The van der Waals surface area contributed by atoms with Gasteiger partial charge in [-0.05, 0) is 31.5 Å². The molecule has 0 spiro atoms. The smallest absolute Gasteiger partial charge is 0.384 e. The van der Waals surface area contributed by atoms with Crippen LogP contribution in [0.15, 0.2) is 30.5 Å². The van der Waals surface area contributed by atoms with Gasteiger partial charge in [0, 0.05) is 39.8 Å². The average Bonchev–Trinajstić information content (AvgIpc) is 3.08. The molecule has 3 aromatic rings. The molecule has 1 saturated heterocycles. The van der Waals surface area contributed by atoms with Crippen molar-refractivity contribution in [2.24, 2.45) is 7.05 Å². The molecule has 1 N–H and O–H groups in total. The number of fused-ring (bicyclic) bond motifs is 1. The minimum absolute atomic E-state index is 0.243. The summed E-state index contributed by atoms with van der Waals surface area (Å²) in [7, 11) is 1.84. The maximum absolute atomic E-state index is 13.0. The molecule has 0 saturated carbocycles. The summed E-state index contributed by atoms with van der Waals surface area (Å²) in [5.74, 6) is 1.50. The number of alkyl halides is 3. The van der Waals surface area contributed by atoms with E-state index in [9.17, 15) is 18.3 Å². The number of β-amino-alcohol motifs (C(OH)–C–C–N with tert-alkyl or cyclic N) is 1. The van der Waals surface area contributed by atoms with E-state index in [4.69, 9.17) is 0 Å². The van der Waals surface area contributed by atoms with Gasteiger partial charge in [-0.1, -0.05) is 12.1 Å². The van der Waals surface area contributed by atoms with Crippen molar-refractivity contribution in [2.75, 3.05) is 37.6 Å². The van der Waals surface area contributed by atoms with Crippen LogP contribution in [-0.2, 0) is 18.8 Å². The molecule has 1 unspecified atom stereocenters. The van der Waals surface area contributed by atoms with E-state index >= 15 is 0 Å². The number of benzene rings is 1. The zero-order valence-electron chi connectivity index (χ0n) is 17.7. The summed E-state index contributed by atoms with van der Waals surface area (Å²) in [6.45, 7) is 6.31. The highest BCUT2D eigenvalue weighted by Crippen LogP contribution is 2.33. The number of rotatable bonds is 4. The van der Waals surface area contributed by atoms with Crippen LogP contribution in [0.25, 0.3) is 11.0 Å². The lowest BCUT2D eigenvalue weighted by Crippen LogP contribution is -2.50. The highest BCUT2D eigenvalue weighted by Gasteiger charge is 2.34. The first kappa shape index (κ1) is 21.5. The number of piperazine rings is 1. The lowest BCUT2D eigenvalue weighted by atomic mass is 9.93. The van der Waals surface area contributed by atoms with E-state index in [1.807, 2.05) is 14.0 Å². The molecular formula is C21H25F3N6O. The topological polar surface area (TPSA) is 70.3 Å². The predicted octanol–water partition coefficient (Wildman–Crippen LogP) is 2.72. The lowest BCUT2D eigenvalue weighted by molar-refractivity contribution is -0.137. The molecule has 1 atom stereocenters. The summed E-state index contributed by atoms with van der Waals surface area (Å²) in [5, 5.41) is 16.1. The van der Waals surface area contributed by atoms with Crippen LogP contribution in [0, 0.1) is 6.92 Å². The van der Waals surface area contributed by atoms with Gasteiger partial charge in [-0.3, -0.25) is 9.58 Å². The van der Waals surface area contributed by atoms with Gasteiger partial charge >= 0.3 is 6.18 Å². The fraction of sp³-hybridized carbons (Fsp3) is 0.476. The Morgan fingerprint density at radius 2 is 1.74 bits per heavy atom. The third-order valence-electron chi connectivity index (χ3n) is 5.70. The van der Waals surface area contributed by atoms with Crippen molar-refractivity contribution in [3.8, 4) is 0 Å². The van der Waals surface area contributed by atoms with E-state index < -0.39 is 17.3 Å². The maximum atomic E-state index is 13.0. The molecule has 0 bridgehead atoms. The Bertz CT molecular complexity index is 1090. The van der Waals surface area contributed by atoms with Crippen molar-refractivity contribution >= 4 is 16.9 Å². The Kier molecular flexibility index (Phi) is 5.38. The van der Waals surface area contributed by atoms with Gasteiger partial charge in [0.25, 0.3) is 0 Å². The molecule has 0 radical (unpaired) electrons. The van der Waals surface area contributed by atoms with Crippen LogP contribution in [-0.4, -0.2) is 62.5 Å². The maximum Gasteiger partial charge on any atom is 0.416 e. The van der Waals surface area contributed by atoms with Gasteiger partial charge in [-0.2, -0.15) is 18.3 Å². The van der Waals surface area contributed by atoms with Crippen LogP contribution in [0.4, 0.5) is 19.0 Å². The Labute approximate surface area is 178 Å². The second-order valence-electron chi connectivity index (χ2n) is 8.22. The number of anilines is 1. The summed E-state index contributed by atoms with van der Waals surface area (Å²) in [5.41, 5.74) is -1.12. The molecule has 1 aliphatic heterocycles. The van der Waals surface area contributed by atoms with E-state index in [0.717, 1.165) is 29.0 Å². The van der Waals surface area contributed by atoms with Crippen molar-refractivity contribution in [3.63, 3.8) is 0 Å². The van der Waals surface area contributed by atoms with Crippen molar-refractivity contribution in [1.29, 1.82) is 0 Å². The molecule has 2 aromatic heterocycles. The molecule has 1 fully saturated rings. The minimum Gasteiger partial charge on any atom is -0.384 e. The van der Waals surface area contributed by atoms with Gasteiger partial charge in [0.2, 0.25) is 0 Å². The van der Waals surface area contributed by atoms with E-state index in [1.54, 1.807) is 17.8 Å². The largest absolute Gasteiger partial charge is 0.416 e. The fourth-order valence-corrected chi connectivity index (χ4v) is 4.03. The van der Waals surface area contributed by atoms with Crippen LogP contribution in [0.5, 0.6) is 0 Å². The molecule has 166 valence electrons. The normalized spacial score (nSPS) is 17.8. The number of aryl methyl sites for hydroxylation is 2. The standard InChI is InChI=1S/C21H25F3N6O/c1-14-26-18-17(12-25-28(18)3)19(27-14)30-9-7-29(8-10-30)13-20(2,31)15-5-4-6-16(11-15)21(22,23)24/h4-6,11-12,31H,7-10,13H2,1-3H3. The van der Waals surface area contributed by atoms with Gasteiger partial charge in [0.1, 0.15) is 11.6 Å². The third-order valence-corrected chi connectivity index (χ3v) is 5.70. The quantitative estimate of drug-likeness (QED) is 0.681. The van der Waals surface area contributed by atoms with Crippen molar-refractivity contribution in [1.82, 2.24) is 24.6 Å². The third kappa shape index (κ3) is 4.35. The number of nitrogens with zero attached hydrogens (tertiary/aromatic N) is 6. The minimum atomic E-state index is -4.44. The zero-order valence-corrected chi connectivity index (χ0v) is 17.7. The summed E-state index contributed by atoms with van der Waals surface area (Å²) in [6.07, 6.45) is -2.68. The molecular weight excluding hydrogens is 409 g/mol. The highest BCUT2D eigenvalue weighted by molar-refractivity contribution is 5.87. The second-order valence-corrected chi connectivity index (χ2v) is 8.22. The first-order valence-corrected chi connectivity index (χ1v) is 10.1. The predicted molar refractivity (Wildman–Crippen MR) is 111 cm³/mol. The van der Waals surface area contributed by atoms with Crippen LogP contribution in [0.1, 0.15) is 23.9 Å². The number of halogens is 3. The SMILES string of the molecule is Cc1nc(N2CCN(CC(C)(O)c3cccc(C(F)(F)F)c3)CC2)c2cnn(C)c2n1. The van der Waals surface area contributed by atoms with Crippen molar-refractivity contribution < 1.29 is 18.3 Å². The molecule has 7 nitrogen and oxygen atoms in total. The molecule has 31 heavy (non-hydrogen) atoms. The monoisotopic (exact) mass is 434 g/mol. The fourth-order valence-electron chi connectivity index (χ4n) is 4.03. The second kappa shape index (κ2) is 7.76. The summed E-state index contributed by atoms with van der Waals surface area (Å²) < 4.78 is 40.9. The zero-order chi connectivity index (χ0) is 22.4. The molecule has 3 heterocycles. The van der Waals surface area contributed by atoms with Crippen molar-refractivity contribution in [2.45, 2.75) is 25.6 Å². The Balaban J connectivity index is 1.46. The number of aromatic nitrogens is 4. The summed E-state index contributed by atoms with van der Waals surface area (Å²) in [4.78, 5) is 13.3. The van der Waals surface area contributed by atoms with Gasteiger partial charge < -0.3 is 10.0 Å². The Morgan fingerprint density at radius 1 is 1.06 bits per heavy atom. The van der Waals surface area contributed by atoms with Crippen LogP contribution in [0.2, 0.25) is 0 Å². The highest BCUT2D eigenvalue weighted by atomic mass is 19.4. The van der Waals surface area contributed by atoms with Crippen LogP contribution >= 0.6 is 0 Å². The number of hydrogen-bond acceptors (Lipinski definition) is 6. The Hall–Kier alpha value is -2.72. The number of aliphatic hydroxyl groups is 1. The first-order valence-electron chi connectivity index (χ1n) is 10.1.